The molecule has 2 fully saturated rings. The maximum absolute atomic E-state index is 13.5. The zero-order valence-electron chi connectivity index (χ0n) is 14.7. The first-order valence-electron chi connectivity index (χ1n) is 9.43. The van der Waals surface area contributed by atoms with Crippen molar-refractivity contribution in [2.45, 2.75) is 76.0 Å². The average Bonchev–Trinajstić information content (AvgIpc) is 2.62. The van der Waals surface area contributed by atoms with Crippen molar-refractivity contribution in [3.05, 3.63) is 29.3 Å². The van der Waals surface area contributed by atoms with E-state index in [0.29, 0.717) is 0 Å². The average molecular weight is 369 g/mol. The van der Waals surface area contributed by atoms with Gasteiger partial charge in [0.25, 0.3) is 0 Å². The first-order valence-corrected chi connectivity index (χ1v) is 9.43. The number of carboxylic acids is 1. The van der Waals surface area contributed by atoms with E-state index in [9.17, 15) is 23.1 Å². The smallest absolute Gasteiger partial charge is 0.419 e. The molecule has 3 rings (SSSR count). The summed E-state index contributed by atoms with van der Waals surface area (Å²) in [7, 11) is 0. The normalized spacial score (nSPS) is 21.3. The fourth-order valence-electron chi connectivity index (χ4n) is 4.56. The molecule has 0 bridgehead atoms. The molecule has 26 heavy (non-hydrogen) atoms. The Bertz CT molecular complexity index is 642. The molecule has 1 aromatic rings. The molecule has 0 unspecified atom stereocenters. The van der Waals surface area contributed by atoms with E-state index in [1.807, 2.05) is 0 Å². The van der Waals surface area contributed by atoms with Crippen molar-refractivity contribution < 1.29 is 27.8 Å². The molecule has 2 aliphatic carbocycles. The molecular weight excluding hydrogens is 345 g/mol. The van der Waals surface area contributed by atoms with Gasteiger partial charge in [-0.25, -0.2) is 0 Å². The van der Waals surface area contributed by atoms with Gasteiger partial charge in [-0.3, -0.25) is 0 Å². The van der Waals surface area contributed by atoms with Crippen LogP contribution >= 0.6 is 0 Å². The number of halogens is 3. The standard InChI is InChI=1S/C20H25F3O3/c21-20(22,23)16-10-9-14(18(24)25)13-17(16)26-19(11-5-2-6-12-19)15-7-3-1-4-8-15/h9-10,13,15H,1-8,11-12H2,(H,24,25)/p-1. The Morgan fingerprint density at radius 2 is 1.65 bits per heavy atom. The lowest BCUT2D eigenvalue weighted by atomic mass is 9.69. The molecule has 0 heterocycles. The van der Waals surface area contributed by atoms with Gasteiger partial charge in [0, 0.05) is 5.56 Å². The summed E-state index contributed by atoms with van der Waals surface area (Å²) in [5, 5.41) is 11.1. The van der Waals surface area contributed by atoms with Gasteiger partial charge in [-0.1, -0.05) is 31.7 Å². The first-order chi connectivity index (χ1) is 12.3. The Labute approximate surface area is 151 Å². The lowest BCUT2D eigenvalue weighted by Gasteiger charge is -2.45. The number of alkyl halides is 3. The van der Waals surface area contributed by atoms with Gasteiger partial charge in [0.05, 0.1) is 11.5 Å². The van der Waals surface area contributed by atoms with Crippen LogP contribution in [0.1, 0.15) is 80.1 Å². The van der Waals surface area contributed by atoms with E-state index in [2.05, 4.69) is 0 Å². The van der Waals surface area contributed by atoms with Crippen LogP contribution in [-0.2, 0) is 6.18 Å². The van der Waals surface area contributed by atoms with E-state index < -0.39 is 23.3 Å². The maximum atomic E-state index is 13.5. The van der Waals surface area contributed by atoms with Crippen molar-refractivity contribution in [1.82, 2.24) is 0 Å². The summed E-state index contributed by atoms with van der Waals surface area (Å²) < 4.78 is 46.5. The molecule has 1 aromatic carbocycles. The van der Waals surface area contributed by atoms with Gasteiger partial charge in [0.2, 0.25) is 0 Å². The highest BCUT2D eigenvalue weighted by atomic mass is 19.4. The van der Waals surface area contributed by atoms with E-state index in [1.165, 1.54) is 0 Å². The van der Waals surface area contributed by atoms with Crippen LogP contribution in [0.25, 0.3) is 0 Å². The third-order valence-corrected chi connectivity index (χ3v) is 5.89. The number of aromatic carboxylic acids is 1. The van der Waals surface area contributed by atoms with Crippen LogP contribution in [-0.4, -0.2) is 11.6 Å². The van der Waals surface area contributed by atoms with Crippen LogP contribution in [0.5, 0.6) is 5.75 Å². The van der Waals surface area contributed by atoms with Crippen molar-refractivity contribution in [3.63, 3.8) is 0 Å². The van der Waals surface area contributed by atoms with E-state index in [4.69, 9.17) is 4.74 Å². The molecule has 0 spiro atoms. The summed E-state index contributed by atoms with van der Waals surface area (Å²) in [5.41, 5.74) is -1.82. The molecule has 0 aliphatic heterocycles. The van der Waals surface area contributed by atoms with Crippen molar-refractivity contribution in [2.75, 3.05) is 0 Å². The maximum Gasteiger partial charge on any atom is 0.419 e. The Hall–Kier alpha value is -1.72. The molecular formula is C20H24F3O3-. The summed E-state index contributed by atoms with van der Waals surface area (Å²) in [4.78, 5) is 11.1. The predicted molar refractivity (Wildman–Crippen MR) is 88.8 cm³/mol. The minimum atomic E-state index is -4.60. The third-order valence-electron chi connectivity index (χ3n) is 5.89. The lowest BCUT2D eigenvalue weighted by molar-refractivity contribution is -0.255. The molecule has 2 saturated carbocycles. The molecule has 3 nitrogen and oxygen atoms in total. The van der Waals surface area contributed by atoms with Crippen molar-refractivity contribution >= 4 is 5.97 Å². The highest BCUT2D eigenvalue weighted by Crippen LogP contribution is 2.47. The number of carbonyl (C=O) groups excluding carboxylic acids is 1. The number of carbonyl (C=O) groups is 1. The first kappa shape index (κ1) is 19.1. The monoisotopic (exact) mass is 369 g/mol. The molecule has 0 N–H and O–H groups in total. The fourth-order valence-corrected chi connectivity index (χ4v) is 4.56. The number of rotatable bonds is 4. The number of hydrogen-bond donors (Lipinski definition) is 0. The van der Waals surface area contributed by atoms with Crippen LogP contribution in [0.3, 0.4) is 0 Å². The van der Waals surface area contributed by atoms with Gasteiger partial charge in [-0.2, -0.15) is 13.2 Å². The van der Waals surface area contributed by atoms with Crippen LogP contribution in [0, 0.1) is 5.92 Å². The van der Waals surface area contributed by atoms with Crippen LogP contribution in [0.15, 0.2) is 18.2 Å². The third kappa shape index (κ3) is 3.99. The fraction of sp³-hybridized carbons (Fsp3) is 0.650. The van der Waals surface area contributed by atoms with Gasteiger partial charge in [-0.15, -0.1) is 0 Å². The summed E-state index contributed by atoms with van der Waals surface area (Å²) in [5.74, 6) is -1.64. The second-order valence-electron chi connectivity index (χ2n) is 7.56. The van der Waals surface area contributed by atoms with Crippen LogP contribution in [0.4, 0.5) is 13.2 Å². The van der Waals surface area contributed by atoms with E-state index >= 15 is 0 Å². The number of carboxylic acid groups (broad SMARTS) is 1. The Balaban J connectivity index is 1.99. The molecule has 0 atom stereocenters. The van der Waals surface area contributed by atoms with E-state index in [1.54, 1.807) is 0 Å². The number of benzene rings is 1. The summed E-state index contributed by atoms with van der Waals surface area (Å²) in [6.45, 7) is 0. The summed E-state index contributed by atoms with van der Waals surface area (Å²) in [6.07, 6.45) is 4.99. The summed E-state index contributed by atoms with van der Waals surface area (Å²) in [6, 6.07) is 2.70. The highest BCUT2D eigenvalue weighted by molar-refractivity contribution is 5.86. The topological polar surface area (TPSA) is 49.4 Å². The SMILES string of the molecule is O=C([O-])c1ccc(C(F)(F)F)c(OC2(C3CCCCC3)CCCCC2)c1. The number of ether oxygens (including phenoxy) is 1. The van der Waals surface area contributed by atoms with Gasteiger partial charge in [0.1, 0.15) is 11.4 Å². The van der Waals surface area contributed by atoms with Gasteiger partial charge < -0.3 is 14.6 Å². The second kappa shape index (κ2) is 7.49. The quantitative estimate of drug-likeness (QED) is 0.771. The lowest BCUT2D eigenvalue weighted by Crippen LogP contribution is -2.46. The van der Waals surface area contributed by atoms with E-state index in [0.717, 1.165) is 82.4 Å². The molecule has 0 saturated heterocycles. The van der Waals surface area contributed by atoms with E-state index in [-0.39, 0.29) is 17.2 Å². The zero-order chi connectivity index (χ0) is 18.8. The zero-order valence-corrected chi connectivity index (χ0v) is 14.7. The minimum Gasteiger partial charge on any atom is -0.545 e. The van der Waals surface area contributed by atoms with Gasteiger partial charge >= 0.3 is 6.18 Å². The molecule has 0 aromatic heterocycles. The minimum absolute atomic E-state index is 0.226. The van der Waals surface area contributed by atoms with Crippen molar-refractivity contribution in [1.29, 1.82) is 0 Å². The van der Waals surface area contributed by atoms with Crippen LogP contribution in [0.2, 0.25) is 0 Å². The van der Waals surface area contributed by atoms with Crippen molar-refractivity contribution in [2.24, 2.45) is 5.92 Å². The second-order valence-corrected chi connectivity index (χ2v) is 7.56. The summed E-state index contributed by atoms with van der Waals surface area (Å²) >= 11 is 0. The van der Waals surface area contributed by atoms with Gasteiger partial charge in [0.15, 0.2) is 0 Å². The molecule has 0 amide bonds. The molecule has 144 valence electrons. The highest BCUT2D eigenvalue weighted by Gasteiger charge is 2.44. The Kier molecular flexibility index (Phi) is 5.49. The molecule has 6 heteroatoms. The van der Waals surface area contributed by atoms with Crippen molar-refractivity contribution in [3.8, 4) is 5.75 Å². The largest absolute Gasteiger partial charge is 0.545 e. The predicted octanol–water partition coefficient (Wildman–Crippen LogP) is 4.73. The van der Waals surface area contributed by atoms with Gasteiger partial charge in [-0.05, 0) is 56.6 Å². The Morgan fingerprint density at radius 3 is 2.23 bits per heavy atom. The molecule has 2 aliphatic rings. The molecule has 0 radical (unpaired) electrons. The number of hydrogen-bond acceptors (Lipinski definition) is 3. The van der Waals surface area contributed by atoms with Crippen LogP contribution < -0.4 is 9.84 Å². The Morgan fingerprint density at radius 1 is 1.04 bits per heavy atom.